The van der Waals surface area contributed by atoms with E-state index in [1.807, 2.05) is 4.90 Å². The van der Waals surface area contributed by atoms with Crippen molar-refractivity contribution in [1.29, 1.82) is 0 Å². The first-order valence-electron chi connectivity index (χ1n) is 7.33. The van der Waals surface area contributed by atoms with E-state index < -0.39 is 0 Å². The monoisotopic (exact) mass is 287 g/mol. The van der Waals surface area contributed by atoms with Crippen LogP contribution < -0.4 is 0 Å². The summed E-state index contributed by atoms with van der Waals surface area (Å²) in [6, 6.07) is 1.75. The average molecular weight is 287 g/mol. The van der Waals surface area contributed by atoms with Gasteiger partial charge < -0.3 is 9.42 Å². The predicted molar refractivity (Wildman–Crippen MR) is 72.7 cm³/mol. The Labute approximate surface area is 121 Å². The van der Waals surface area contributed by atoms with Crippen molar-refractivity contribution < 1.29 is 9.32 Å². The van der Waals surface area contributed by atoms with Crippen LogP contribution in [0, 0.1) is 0 Å². The Kier molecular flexibility index (Phi) is 2.80. The lowest BCUT2D eigenvalue weighted by Gasteiger charge is -2.15. The second-order valence-corrected chi connectivity index (χ2v) is 5.84. The third kappa shape index (κ3) is 2.22. The molecule has 1 atom stereocenters. The molecule has 7 nitrogen and oxygen atoms in total. The van der Waals surface area contributed by atoms with Gasteiger partial charge in [0.2, 0.25) is 5.89 Å². The second kappa shape index (κ2) is 4.68. The van der Waals surface area contributed by atoms with Gasteiger partial charge in [0.05, 0.1) is 0 Å². The second-order valence-electron chi connectivity index (χ2n) is 5.84. The minimum absolute atomic E-state index is 0.0170. The molecule has 1 saturated heterocycles. The molecule has 1 unspecified atom stereocenters. The molecule has 7 heteroatoms. The average Bonchev–Trinajstić information content (AvgIpc) is 2.94. The molecule has 2 aromatic rings. The molecule has 0 N–H and O–H groups in total. The lowest BCUT2D eigenvalue weighted by Crippen LogP contribution is -2.30. The summed E-state index contributed by atoms with van der Waals surface area (Å²) in [5, 5.41) is 8.14. The maximum Gasteiger partial charge on any atom is 0.272 e. The highest BCUT2D eigenvalue weighted by Gasteiger charge is 2.34. The molecule has 2 fully saturated rings. The van der Waals surface area contributed by atoms with Crippen LogP contribution in [0.25, 0.3) is 0 Å². The van der Waals surface area contributed by atoms with E-state index >= 15 is 0 Å². The van der Waals surface area contributed by atoms with E-state index in [2.05, 4.69) is 15.2 Å². The Morgan fingerprint density at radius 2 is 2.19 bits per heavy atom. The van der Waals surface area contributed by atoms with E-state index in [9.17, 15) is 4.79 Å². The highest BCUT2D eigenvalue weighted by Crippen LogP contribution is 2.39. The Morgan fingerprint density at radius 3 is 2.90 bits per heavy atom. The van der Waals surface area contributed by atoms with Gasteiger partial charge in [-0.1, -0.05) is 5.16 Å². The zero-order chi connectivity index (χ0) is 14.4. The Balaban J connectivity index is 1.46. The van der Waals surface area contributed by atoms with Gasteiger partial charge in [0.1, 0.15) is 5.69 Å². The van der Waals surface area contributed by atoms with Gasteiger partial charge in [-0.2, -0.15) is 10.1 Å². The summed E-state index contributed by atoms with van der Waals surface area (Å²) in [5.74, 6) is 2.18. The molecule has 0 radical (unpaired) electrons. The van der Waals surface area contributed by atoms with Crippen LogP contribution in [0.3, 0.4) is 0 Å². The highest BCUT2D eigenvalue weighted by atomic mass is 16.5. The summed E-state index contributed by atoms with van der Waals surface area (Å²) in [5.41, 5.74) is 0.613. The SMILES string of the molecule is Cn1nccc1C(=O)N1CCC(c2noc(C3CC3)n2)C1. The van der Waals surface area contributed by atoms with E-state index in [-0.39, 0.29) is 11.8 Å². The van der Waals surface area contributed by atoms with Gasteiger partial charge >= 0.3 is 0 Å². The predicted octanol–water partition coefficient (Wildman–Crippen LogP) is 1.31. The van der Waals surface area contributed by atoms with Crippen molar-refractivity contribution in [3.63, 3.8) is 0 Å². The fourth-order valence-electron chi connectivity index (χ4n) is 2.81. The van der Waals surface area contributed by atoms with Crippen molar-refractivity contribution in [2.75, 3.05) is 13.1 Å². The molecule has 1 amide bonds. The van der Waals surface area contributed by atoms with Crippen LogP contribution in [-0.2, 0) is 7.05 Å². The van der Waals surface area contributed by atoms with Crippen LogP contribution in [-0.4, -0.2) is 43.8 Å². The first-order chi connectivity index (χ1) is 10.2. The van der Waals surface area contributed by atoms with Crippen LogP contribution in [0.4, 0.5) is 0 Å². The lowest BCUT2D eigenvalue weighted by molar-refractivity contribution is 0.0779. The minimum atomic E-state index is 0.0170. The smallest absolute Gasteiger partial charge is 0.272 e. The summed E-state index contributed by atoms with van der Waals surface area (Å²) >= 11 is 0. The van der Waals surface area contributed by atoms with E-state index in [4.69, 9.17) is 4.52 Å². The third-order valence-electron chi connectivity index (χ3n) is 4.26. The fourth-order valence-corrected chi connectivity index (χ4v) is 2.81. The molecule has 3 heterocycles. The Hall–Kier alpha value is -2.18. The zero-order valence-corrected chi connectivity index (χ0v) is 11.9. The molecule has 0 aromatic carbocycles. The molecular weight excluding hydrogens is 270 g/mol. The molecule has 1 aliphatic carbocycles. The van der Waals surface area contributed by atoms with Crippen LogP contribution in [0.5, 0.6) is 0 Å². The van der Waals surface area contributed by atoms with Crippen LogP contribution in [0.2, 0.25) is 0 Å². The van der Waals surface area contributed by atoms with Crippen molar-refractivity contribution in [3.8, 4) is 0 Å². The van der Waals surface area contributed by atoms with Gasteiger partial charge in [0.25, 0.3) is 5.91 Å². The number of nitrogens with zero attached hydrogens (tertiary/aromatic N) is 5. The Morgan fingerprint density at radius 1 is 1.33 bits per heavy atom. The van der Waals surface area contributed by atoms with Crippen molar-refractivity contribution in [2.45, 2.75) is 31.1 Å². The fraction of sp³-hybridized carbons (Fsp3) is 0.571. The number of rotatable bonds is 3. The summed E-state index contributed by atoms with van der Waals surface area (Å²) in [6.07, 6.45) is 4.82. The van der Waals surface area contributed by atoms with E-state index in [0.29, 0.717) is 18.2 Å². The molecule has 0 spiro atoms. The van der Waals surface area contributed by atoms with E-state index in [0.717, 1.165) is 37.5 Å². The molecule has 110 valence electrons. The molecule has 4 rings (SSSR count). The van der Waals surface area contributed by atoms with Crippen LogP contribution in [0.1, 0.15) is 53.3 Å². The quantitative estimate of drug-likeness (QED) is 0.850. The highest BCUT2D eigenvalue weighted by molar-refractivity contribution is 5.92. The topological polar surface area (TPSA) is 77.0 Å². The van der Waals surface area contributed by atoms with Crippen LogP contribution in [0.15, 0.2) is 16.8 Å². The van der Waals surface area contributed by atoms with Crippen LogP contribution >= 0.6 is 0 Å². The molecule has 0 bridgehead atoms. The normalized spacial score (nSPS) is 22.0. The van der Waals surface area contributed by atoms with Gasteiger partial charge in [-0.3, -0.25) is 9.48 Å². The standard InChI is InChI=1S/C14H17N5O2/c1-18-11(4-6-15-18)14(20)19-7-5-10(8-19)12-16-13(21-17-12)9-2-3-9/h4,6,9-10H,2-3,5,7-8H2,1H3. The molecule has 1 aliphatic heterocycles. The van der Waals surface area contributed by atoms with Crippen molar-refractivity contribution in [1.82, 2.24) is 24.8 Å². The van der Waals surface area contributed by atoms with E-state index in [1.165, 1.54) is 0 Å². The number of likely N-dealkylation sites (tertiary alicyclic amines) is 1. The number of hydrogen-bond acceptors (Lipinski definition) is 5. The third-order valence-corrected chi connectivity index (χ3v) is 4.26. The zero-order valence-electron chi connectivity index (χ0n) is 11.9. The van der Waals surface area contributed by atoms with Gasteiger partial charge in [-0.25, -0.2) is 0 Å². The number of carbonyl (C=O) groups is 1. The summed E-state index contributed by atoms with van der Waals surface area (Å²) in [7, 11) is 1.78. The summed E-state index contributed by atoms with van der Waals surface area (Å²) in [4.78, 5) is 18.8. The maximum atomic E-state index is 12.4. The summed E-state index contributed by atoms with van der Waals surface area (Å²) < 4.78 is 6.92. The molecule has 2 aromatic heterocycles. The minimum Gasteiger partial charge on any atom is -0.339 e. The van der Waals surface area contributed by atoms with Crippen molar-refractivity contribution >= 4 is 5.91 Å². The number of aryl methyl sites for hydroxylation is 1. The van der Waals surface area contributed by atoms with Crippen molar-refractivity contribution in [3.05, 3.63) is 29.7 Å². The summed E-state index contributed by atoms with van der Waals surface area (Å²) in [6.45, 7) is 1.37. The van der Waals surface area contributed by atoms with Gasteiger partial charge in [-0.15, -0.1) is 0 Å². The largest absolute Gasteiger partial charge is 0.339 e. The first-order valence-corrected chi connectivity index (χ1v) is 7.33. The number of aromatic nitrogens is 4. The molecule has 2 aliphatic rings. The van der Waals surface area contributed by atoms with E-state index in [1.54, 1.807) is 24.0 Å². The molecule has 1 saturated carbocycles. The number of amides is 1. The molecular formula is C14H17N5O2. The Bertz CT molecular complexity index is 672. The van der Waals surface area contributed by atoms with Crippen molar-refractivity contribution in [2.24, 2.45) is 7.05 Å². The molecule has 21 heavy (non-hydrogen) atoms. The van der Waals surface area contributed by atoms with Gasteiger partial charge in [0, 0.05) is 38.2 Å². The number of carbonyl (C=O) groups excluding carboxylic acids is 1. The van der Waals surface area contributed by atoms with Gasteiger partial charge in [0.15, 0.2) is 5.82 Å². The van der Waals surface area contributed by atoms with Gasteiger partial charge in [-0.05, 0) is 25.3 Å². The maximum absolute atomic E-state index is 12.4. The first kappa shape index (κ1) is 12.6. The number of hydrogen-bond donors (Lipinski definition) is 0. The lowest BCUT2D eigenvalue weighted by atomic mass is 10.1.